The van der Waals surface area contributed by atoms with Gasteiger partial charge in [-0.05, 0) is 0 Å². The Morgan fingerprint density at radius 1 is 1.10 bits per heavy atom. The molecule has 0 aromatic carbocycles. The maximum Gasteiger partial charge on any atom is -1.00 e. The van der Waals surface area contributed by atoms with Crippen molar-refractivity contribution in [3.63, 3.8) is 0 Å². The summed E-state index contributed by atoms with van der Waals surface area (Å²) in [5.74, 6) is 0.227. The van der Waals surface area contributed by atoms with Gasteiger partial charge in [0.1, 0.15) is 0 Å². The van der Waals surface area contributed by atoms with Crippen LogP contribution in [0, 0.1) is 5.92 Å². The Morgan fingerprint density at radius 3 is 2.05 bits per heavy atom. The molecule has 0 N–H and O–H groups in total. The number of rotatable bonds is 3. The van der Waals surface area contributed by atoms with Crippen molar-refractivity contribution in [3.05, 3.63) is 41.5 Å². The Morgan fingerprint density at radius 2 is 1.70 bits per heavy atom. The van der Waals surface area contributed by atoms with Crippen molar-refractivity contribution in [2.45, 2.75) is 47.2 Å². The molecule has 0 saturated heterocycles. The molecule has 0 bridgehead atoms. The van der Waals surface area contributed by atoms with Crippen LogP contribution in [0.3, 0.4) is 0 Å². The second-order valence-corrected chi connectivity index (χ2v) is 25.1. The van der Waals surface area contributed by atoms with Gasteiger partial charge in [-0.1, -0.05) is 0 Å². The third kappa shape index (κ3) is 3.69. The van der Waals surface area contributed by atoms with Crippen molar-refractivity contribution in [2.75, 3.05) is 0 Å². The molecule has 0 saturated carbocycles. The SMILES string of the molecule is CC1=C(C)C(C)[C]([Zr+2]([C]2=CC=CC2)[SiH](C)C)=C1C.[Cl-].[Cl-]. The molecule has 0 spiro atoms. The fourth-order valence-electron chi connectivity index (χ4n) is 3.30. The summed E-state index contributed by atoms with van der Waals surface area (Å²) >= 11 is -1.49. The van der Waals surface area contributed by atoms with E-state index in [0.29, 0.717) is 0 Å². The van der Waals surface area contributed by atoms with Gasteiger partial charge in [0.15, 0.2) is 0 Å². The predicted molar refractivity (Wildman–Crippen MR) is 81.0 cm³/mol. The summed E-state index contributed by atoms with van der Waals surface area (Å²) in [5.41, 5.74) is 4.90. The summed E-state index contributed by atoms with van der Waals surface area (Å²) in [6.07, 6.45) is 8.37. The molecule has 0 radical (unpaired) electrons. The maximum absolute atomic E-state index is 2.59. The standard InChI is InChI=1S/C9H13.C5H5.C2H7Si.2ClH.Zr/c1-6-5-7(2)9(4)8(6)3;1-2-4-5-3-1;1-3-2;;;/h6H,1-4H3;1-3H,4H2;3H,1-2H3;2*1H;/q;;;;;+2/p-2. The van der Waals surface area contributed by atoms with E-state index in [9.17, 15) is 0 Å². The summed E-state index contributed by atoms with van der Waals surface area (Å²) < 4.78 is 3.80. The van der Waals surface area contributed by atoms with Gasteiger partial charge in [-0.2, -0.15) is 0 Å². The topological polar surface area (TPSA) is 0 Å². The largest absolute Gasteiger partial charge is 1.00 e. The zero-order valence-electron chi connectivity index (χ0n) is 13.3. The van der Waals surface area contributed by atoms with E-state index in [1.807, 2.05) is 6.56 Å². The smallest absolute Gasteiger partial charge is 1.00 e. The second kappa shape index (κ2) is 8.32. The first-order valence-electron chi connectivity index (χ1n) is 7.07. The number of hydrogen-bond donors (Lipinski definition) is 0. The average molecular weight is 408 g/mol. The average Bonchev–Trinajstić information content (AvgIpc) is 2.89. The van der Waals surface area contributed by atoms with Crippen LogP contribution in [0.2, 0.25) is 13.1 Å². The van der Waals surface area contributed by atoms with Crippen molar-refractivity contribution >= 4 is 5.92 Å². The molecule has 0 heterocycles. The minimum atomic E-state index is -1.49. The monoisotopic (exact) mass is 405 g/mol. The number of hydrogen-bond acceptors (Lipinski definition) is 0. The van der Waals surface area contributed by atoms with Crippen molar-refractivity contribution in [1.82, 2.24) is 0 Å². The Balaban J connectivity index is 0.00000180. The third-order valence-corrected chi connectivity index (χ3v) is 24.4. The van der Waals surface area contributed by atoms with Crippen LogP contribution < -0.4 is 24.8 Å². The molecular formula is C16H25Cl2SiZr. The molecule has 2 aliphatic rings. The zero-order valence-corrected chi connectivity index (χ0v) is 18.5. The Kier molecular flexibility index (Phi) is 8.59. The zero-order chi connectivity index (χ0) is 13.4. The maximum atomic E-state index is 2.59. The van der Waals surface area contributed by atoms with E-state index in [2.05, 4.69) is 59.0 Å². The van der Waals surface area contributed by atoms with Gasteiger partial charge in [0.05, 0.1) is 0 Å². The molecule has 0 amide bonds. The van der Waals surface area contributed by atoms with Crippen molar-refractivity contribution in [1.29, 1.82) is 0 Å². The van der Waals surface area contributed by atoms with Gasteiger partial charge in [-0.3, -0.25) is 0 Å². The molecule has 0 aromatic heterocycles. The molecule has 1 unspecified atom stereocenters. The minimum Gasteiger partial charge on any atom is -1.00 e. The van der Waals surface area contributed by atoms with Crippen LogP contribution in [0.5, 0.6) is 0 Å². The molecule has 1 atom stereocenters. The molecule has 20 heavy (non-hydrogen) atoms. The Bertz CT molecular complexity index is 487. The first kappa shape index (κ1) is 20.6. The fraction of sp³-hybridized carbons (Fsp3) is 0.500. The summed E-state index contributed by atoms with van der Waals surface area (Å²) in [6, 6.07) is 0. The van der Waals surface area contributed by atoms with Crippen LogP contribution in [0.25, 0.3) is 0 Å². The van der Waals surface area contributed by atoms with Gasteiger partial charge >= 0.3 is 121 Å². The van der Waals surface area contributed by atoms with Crippen LogP contribution in [-0.4, -0.2) is 5.92 Å². The normalized spacial score (nSPS) is 21.1. The van der Waals surface area contributed by atoms with Crippen molar-refractivity contribution in [3.8, 4) is 0 Å². The van der Waals surface area contributed by atoms with Gasteiger partial charge in [-0.25, -0.2) is 0 Å². The van der Waals surface area contributed by atoms with E-state index in [1.165, 1.54) is 6.42 Å². The fourth-order valence-corrected chi connectivity index (χ4v) is 24.2. The van der Waals surface area contributed by atoms with Gasteiger partial charge in [0, 0.05) is 0 Å². The molecule has 2 rings (SSSR count). The number of allylic oxidation sites excluding steroid dienone is 8. The summed E-state index contributed by atoms with van der Waals surface area (Å²) in [6.45, 7) is 14.7. The third-order valence-electron chi connectivity index (χ3n) is 4.63. The van der Waals surface area contributed by atoms with Gasteiger partial charge < -0.3 is 24.8 Å². The Labute approximate surface area is 145 Å². The van der Waals surface area contributed by atoms with Crippen LogP contribution >= 0.6 is 0 Å². The van der Waals surface area contributed by atoms with E-state index in [4.69, 9.17) is 0 Å². The molecule has 0 fully saturated rings. The van der Waals surface area contributed by atoms with Gasteiger partial charge in [0.2, 0.25) is 0 Å². The molecular weight excluding hydrogens is 382 g/mol. The van der Waals surface area contributed by atoms with Crippen molar-refractivity contribution < 1.29 is 45.7 Å². The minimum absolute atomic E-state index is 0. The predicted octanol–water partition coefficient (Wildman–Crippen LogP) is -1.30. The van der Waals surface area contributed by atoms with E-state index < -0.39 is 26.8 Å². The van der Waals surface area contributed by atoms with E-state index >= 15 is 0 Å². The summed E-state index contributed by atoms with van der Waals surface area (Å²) in [4.78, 5) is 0. The van der Waals surface area contributed by atoms with Crippen LogP contribution in [0.4, 0.5) is 0 Å². The second-order valence-electron chi connectivity index (χ2n) is 5.96. The first-order valence-corrected chi connectivity index (χ1v) is 16.7. The summed E-state index contributed by atoms with van der Waals surface area (Å²) in [7, 11) is 0. The summed E-state index contributed by atoms with van der Waals surface area (Å²) in [5, 5.41) is 0. The van der Waals surface area contributed by atoms with Crippen LogP contribution in [0.15, 0.2) is 41.5 Å². The molecule has 0 nitrogen and oxygen atoms in total. The van der Waals surface area contributed by atoms with Crippen molar-refractivity contribution in [2.24, 2.45) is 5.92 Å². The molecule has 2 aliphatic carbocycles. The molecule has 4 heteroatoms. The molecule has 111 valence electrons. The van der Waals surface area contributed by atoms with Gasteiger partial charge in [-0.15, -0.1) is 0 Å². The number of halogens is 2. The quantitative estimate of drug-likeness (QED) is 0.511. The first-order chi connectivity index (χ1) is 8.45. The molecule has 0 aliphatic heterocycles. The Hall–Kier alpha value is 0.640. The van der Waals surface area contributed by atoms with E-state index in [-0.39, 0.29) is 24.8 Å². The van der Waals surface area contributed by atoms with Gasteiger partial charge in [0.25, 0.3) is 0 Å². The van der Waals surface area contributed by atoms with Crippen LogP contribution in [-0.2, 0) is 20.9 Å². The molecule has 0 aromatic rings. The van der Waals surface area contributed by atoms with E-state index in [0.717, 1.165) is 5.92 Å². The van der Waals surface area contributed by atoms with E-state index in [1.54, 1.807) is 16.7 Å². The van der Waals surface area contributed by atoms with Crippen LogP contribution in [0.1, 0.15) is 34.1 Å².